The van der Waals surface area contributed by atoms with Crippen LogP contribution in [-0.2, 0) is 0 Å². The molecule has 0 bridgehead atoms. The molecule has 0 unspecified atom stereocenters. The molecule has 2 heterocycles. The summed E-state index contributed by atoms with van der Waals surface area (Å²) in [6.07, 6.45) is 3.16. The Morgan fingerprint density at radius 2 is 1.90 bits per heavy atom. The number of aromatic nitrogens is 1. The molecule has 0 spiro atoms. The molecule has 3 amide bonds. The fourth-order valence-corrected chi connectivity index (χ4v) is 3.97. The average molecular weight is 396 g/mol. The second kappa shape index (κ2) is 9.05. The molecule has 1 aromatic carbocycles. The van der Waals surface area contributed by atoms with Gasteiger partial charge in [-0.2, -0.15) is 0 Å². The van der Waals surface area contributed by atoms with Crippen LogP contribution in [-0.4, -0.2) is 70.2 Å². The van der Waals surface area contributed by atoms with Crippen molar-refractivity contribution in [3.63, 3.8) is 0 Å². The number of carbonyl (C=O) groups excluding carboxylic acids is 2. The molecule has 7 nitrogen and oxygen atoms in total. The monoisotopic (exact) mass is 396 g/mol. The van der Waals surface area contributed by atoms with Gasteiger partial charge in [-0.25, -0.2) is 4.79 Å². The lowest BCUT2D eigenvalue weighted by molar-refractivity contribution is -0.0190. The van der Waals surface area contributed by atoms with E-state index in [1.807, 2.05) is 44.2 Å². The third kappa shape index (κ3) is 4.40. The molecule has 1 aliphatic rings. The van der Waals surface area contributed by atoms with Crippen molar-refractivity contribution >= 4 is 11.9 Å². The van der Waals surface area contributed by atoms with E-state index in [4.69, 9.17) is 0 Å². The van der Waals surface area contributed by atoms with Gasteiger partial charge in [0.2, 0.25) is 0 Å². The first-order valence-electron chi connectivity index (χ1n) is 9.84. The number of urea groups is 1. The van der Waals surface area contributed by atoms with Gasteiger partial charge >= 0.3 is 6.03 Å². The first kappa shape index (κ1) is 20.8. The van der Waals surface area contributed by atoms with E-state index in [0.717, 1.165) is 5.56 Å². The third-order valence-electron chi connectivity index (χ3n) is 5.28. The predicted octanol–water partition coefficient (Wildman–Crippen LogP) is 2.10. The standard InChI is InChI=1S/C22H28N4O3/c1-15(2)24-22(29)26-18(13-25(3)21(28)17-10-7-11-23-12-17)20(19(26)14-27)16-8-5-4-6-9-16/h4-12,15,18-20,27H,13-14H2,1-3H3,(H,24,29)/t18-,19+,20-/m1/s1. The second-order valence-corrected chi connectivity index (χ2v) is 7.69. The van der Waals surface area contributed by atoms with E-state index >= 15 is 0 Å². The number of hydrogen-bond acceptors (Lipinski definition) is 4. The van der Waals surface area contributed by atoms with Gasteiger partial charge in [0.15, 0.2) is 0 Å². The Balaban J connectivity index is 1.85. The van der Waals surface area contributed by atoms with Crippen LogP contribution in [0.3, 0.4) is 0 Å². The van der Waals surface area contributed by atoms with Crippen molar-refractivity contribution < 1.29 is 14.7 Å². The highest BCUT2D eigenvalue weighted by Crippen LogP contribution is 2.41. The molecule has 29 heavy (non-hydrogen) atoms. The first-order valence-corrected chi connectivity index (χ1v) is 9.84. The quantitative estimate of drug-likeness (QED) is 0.783. The molecule has 0 saturated carbocycles. The summed E-state index contributed by atoms with van der Waals surface area (Å²) in [5, 5.41) is 12.9. The van der Waals surface area contributed by atoms with Gasteiger partial charge in [0.05, 0.1) is 24.3 Å². The van der Waals surface area contributed by atoms with Crippen LogP contribution in [0.1, 0.15) is 35.7 Å². The number of carbonyl (C=O) groups is 2. The number of pyridine rings is 1. The van der Waals surface area contributed by atoms with Crippen LogP contribution in [0.25, 0.3) is 0 Å². The number of nitrogens with one attached hydrogen (secondary N) is 1. The number of amides is 3. The molecule has 1 aromatic heterocycles. The molecular weight excluding hydrogens is 368 g/mol. The Morgan fingerprint density at radius 3 is 2.48 bits per heavy atom. The Kier molecular flexibility index (Phi) is 6.49. The summed E-state index contributed by atoms with van der Waals surface area (Å²) in [6, 6.07) is 12.5. The van der Waals surface area contributed by atoms with E-state index in [-0.39, 0.29) is 42.6 Å². The molecule has 1 saturated heterocycles. The number of rotatable bonds is 6. The van der Waals surface area contributed by atoms with E-state index in [1.165, 1.54) is 6.20 Å². The number of aliphatic hydroxyl groups is 1. The van der Waals surface area contributed by atoms with Crippen LogP contribution < -0.4 is 5.32 Å². The fourth-order valence-electron chi connectivity index (χ4n) is 3.97. The van der Waals surface area contributed by atoms with Gasteiger partial charge in [-0.3, -0.25) is 9.78 Å². The lowest BCUT2D eigenvalue weighted by Gasteiger charge is -2.55. The van der Waals surface area contributed by atoms with E-state index in [9.17, 15) is 14.7 Å². The van der Waals surface area contributed by atoms with E-state index in [2.05, 4.69) is 10.3 Å². The summed E-state index contributed by atoms with van der Waals surface area (Å²) >= 11 is 0. The molecular formula is C22H28N4O3. The highest BCUT2D eigenvalue weighted by Gasteiger charge is 2.51. The van der Waals surface area contributed by atoms with Crippen molar-refractivity contribution in [1.29, 1.82) is 0 Å². The number of aliphatic hydroxyl groups excluding tert-OH is 1. The van der Waals surface area contributed by atoms with Crippen LogP contribution in [0.2, 0.25) is 0 Å². The molecule has 2 N–H and O–H groups in total. The van der Waals surface area contributed by atoms with Crippen molar-refractivity contribution in [1.82, 2.24) is 20.1 Å². The first-order chi connectivity index (χ1) is 13.9. The maximum absolute atomic E-state index is 12.8. The summed E-state index contributed by atoms with van der Waals surface area (Å²) in [7, 11) is 1.72. The van der Waals surface area contributed by atoms with Gasteiger partial charge in [0.25, 0.3) is 5.91 Å². The lowest BCUT2D eigenvalue weighted by atomic mass is 9.75. The number of likely N-dealkylation sites (tertiary alicyclic amines) is 1. The Morgan fingerprint density at radius 1 is 1.17 bits per heavy atom. The lowest BCUT2D eigenvalue weighted by Crippen LogP contribution is -2.70. The number of hydrogen-bond donors (Lipinski definition) is 2. The molecule has 3 rings (SSSR count). The van der Waals surface area contributed by atoms with Gasteiger partial charge in [-0.05, 0) is 31.5 Å². The van der Waals surface area contributed by atoms with Gasteiger partial charge < -0.3 is 20.2 Å². The summed E-state index contributed by atoms with van der Waals surface area (Å²) in [5.41, 5.74) is 1.55. The van der Waals surface area contributed by atoms with Crippen LogP contribution in [0.4, 0.5) is 4.79 Å². The molecule has 2 aromatic rings. The largest absolute Gasteiger partial charge is 0.394 e. The fraction of sp³-hybridized carbons (Fsp3) is 0.409. The SMILES string of the molecule is CC(C)NC(=O)N1[C@H](CN(C)C(=O)c2cccnc2)[C@@H](c2ccccc2)[C@@H]1CO. The zero-order valence-electron chi connectivity index (χ0n) is 17.0. The number of nitrogens with zero attached hydrogens (tertiary/aromatic N) is 3. The molecule has 1 aliphatic heterocycles. The van der Waals surface area contributed by atoms with Gasteiger partial charge in [0, 0.05) is 37.9 Å². The van der Waals surface area contributed by atoms with Crippen molar-refractivity contribution in [2.75, 3.05) is 20.2 Å². The summed E-state index contributed by atoms with van der Waals surface area (Å²) in [4.78, 5) is 32.9. The minimum Gasteiger partial charge on any atom is -0.394 e. The topological polar surface area (TPSA) is 85.8 Å². The normalized spacial score (nSPS) is 20.9. The molecule has 0 aliphatic carbocycles. The zero-order valence-corrected chi connectivity index (χ0v) is 17.0. The summed E-state index contributed by atoms with van der Waals surface area (Å²) < 4.78 is 0. The number of benzene rings is 1. The molecule has 0 radical (unpaired) electrons. The molecule has 154 valence electrons. The highest BCUT2D eigenvalue weighted by atomic mass is 16.3. The molecule has 7 heteroatoms. The number of likely N-dealkylation sites (N-methyl/N-ethyl adjacent to an activating group) is 1. The van der Waals surface area contributed by atoms with Crippen LogP contribution in [0.15, 0.2) is 54.9 Å². The second-order valence-electron chi connectivity index (χ2n) is 7.69. The minimum atomic E-state index is -0.331. The van der Waals surface area contributed by atoms with Gasteiger partial charge in [-0.15, -0.1) is 0 Å². The Hall–Kier alpha value is -2.93. The van der Waals surface area contributed by atoms with Gasteiger partial charge in [-0.1, -0.05) is 30.3 Å². The van der Waals surface area contributed by atoms with Crippen molar-refractivity contribution in [2.45, 2.75) is 37.9 Å². The van der Waals surface area contributed by atoms with Crippen LogP contribution >= 0.6 is 0 Å². The average Bonchev–Trinajstić information content (AvgIpc) is 2.71. The summed E-state index contributed by atoms with van der Waals surface area (Å²) in [5.74, 6) is -0.204. The van der Waals surface area contributed by atoms with E-state index < -0.39 is 0 Å². The maximum Gasteiger partial charge on any atom is 0.318 e. The predicted molar refractivity (Wildman–Crippen MR) is 111 cm³/mol. The Labute approximate surface area is 171 Å². The van der Waals surface area contributed by atoms with Crippen LogP contribution in [0.5, 0.6) is 0 Å². The van der Waals surface area contributed by atoms with Crippen molar-refractivity contribution in [3.05, 3.63) is 66.0 Å². The van der Waals surface area contributed by atoms with Crippen LogP contribution in [0, 0.1) is 0 Å². The zero-order chi connectivity index (χ0) is 21.0. The van der Waals surface area contributed by atoms with Gasteiger partial charge in [0.1, 0.15) is 0 Å². The third-order valence-corrected chi connectivity index (χ3v) is 5.28. The maximum atomic E-state index is 12.8. The minimum absolute atomic E-state index is 0.0203. The molecule has 1 fully saturated rings. The highest BCUT2D eigenvalue weighted by molar-refractivity contribution is 5.93. The molecule has 3 atom stereocenters. The summed E-state index contributed by atoms with van der Waals surface area (Å²) in [6.45, 7) is 4.01. The van der Waals surface area contributed by atoms with E-state index in [0.29, 0.717) is 12.1 Å². The Bertz CT molecular complexity index is 828. The smallest absolute Gasteiger partial charge is 0.318 e. The van der Waals surface area contributed by atoms with Crippen molar-refractivity contribution in [3.8, 4) is 0 Å². The van der Waals surface area contributed by atoms with Crippen molar-refractivity contribution in [2.24, 2.45) is 0 Å². The van der Waals surface area contributed by atoms with E-state index in [1.54, 1.807) is 35.2 Å².